The van der Waals surface area contributed by atoms with Gasteiger partial charge in [0, 0.05) is 31.4 Å². The van der Waals surface area contributed by atoms with Gasteiger partial charge in [0.05, 0.1) is 7.11 Å². The van der Waals surface area contributed by atoms with Gasteiger partial charge < -0.3 is 15.4 Å². The second-order valence-electron chi connectivity index (χ2n) is 5.05. The van der Waals surface area contributed by atoms with E-state index >= 15 is 0 Å². The van der Waals surface area contributed by atoms with Crippen LogP contribution >= 0.6 is 0 Å². The number of nitrogens with two attached hydrogens (primary N) is 1. The lowest BCUT2D eigenvalue weighted by molar-refractivity contribution is 0.409. The molecule has 0 aliphatic carbocycles. The average molecular weight is 270 g/mol. The monoisotopic (exact) mass is 270 g/mol. The summed E-state index contributed by atoms with van der Waals surface area (Å²) in [6.07, 6.45) is 0. The van der Waals surface area contributed by atoms with Gasteiger partial charge in [0.2, 0.25) is 0 Å². The molecule has 2 N–H and O–H groups in total. The molecule has 106 valence electrons. The first kappa shape index (κ1) is 14.4. The number of benzene rings is 2. The first-order valence-electron chi connectivity index (χ1n) is 6.77. The van der Waals surface area contributed by atoms with Crippen LogP contribution in [0.4, 0.5) is 5.69 Å². The summed E-state index contributed by atoms with van der Waals surface area (Å²) >= 11 is 0. The Morgan fingerprint density at radius 2 is 1.95 bits per heavy atom. The van der Waals surface area contributed by atoms with E-state index in [0.29, 0.717) is 6.54 Å². The number of ether oxygens (including phenoxy) is 1. The summed E-state index contributed by atoms with van der Waals surface area (Å²) in [7, 11) is 3.77. The Bertz CT molecular complexity index is 581. The van der Waals surface area contributed by atoms with Gasteiger partial charge in [-0.25, -0.2) is 0 Å². The summed E-state index contributed by atoms with van der Waals surface area (Å²) in [6.45, 7) is 3.45. The lowest BCUT2D eigenvalue weighted by Gasteiger charge is -2.20. The van der Waals surface area contributed by atoms with Crippen molar-refractivity contribution in [3.05, 3.63) is 59.2 Å². The molecule has 0 spiro atoms. The molecule has 0 saturated carbocycles. The highest BCUT2D eigenvalue weighted by Gasteiger charge is 2.06. The first-order chi connectivity index (χ1) is 9.63. The van der Waals surface area contributed by atoms with Crippen molar-refractivity contribution in [3.63, 3.8) is 0 Å². The molecule has 0 saturated heterocycles. The summed E-state index contributed by atoms with van der Waals surface area (Å²) in [6, 6.07) is 14.7. The van der Waals surface area contributed by atoms with E-state index in [1.54, 1.807) is 7.11 Å². The summed E-state index contributed by atoms with van der Waals surface area (Å²) in [5.41, 5.74) is 10.5. The van der Waals surface area contributed by atoms with E-state index < -0.39 is 0 Å². The fourth-order valence-corrected chi connectivity index (χ4v) is 2.32. The molecule has 3 heteroatoms. The Morgan fingerprint density at radius 1 is 1.15 bits per heavy atom. The fraction of sp³-hybridized carbons (Fsp3) is 0.294. The highest BCUT2D eigenvalue weighted by Crippen LogP contribution is 2.22. The lowest BCUT2D eigenvalue weighted by atomic mass is 10.1. The van der Waals surface area contributed by atoms with Crippen molar-refractivity contribution in [3.8, 4) is 5.75 Å². The smallest absolute Gasteiger partial charge is 0.123 e. The maximum Gasteiger partial charge on any atom is 0.123 e. The zero-order valence-corrected chi connectivity index (χ0v) is 12.4. The Morgan fingerprint density at radius 3 is 2.60 bits per heavy atom. The molecule has 0 atom stereocenters. The van der Waals surface area contributed by atoms with Crippen molar-refractivity contribution in [2.45, 2.75) is 20.0 Å². The molecular formula is C17H22N2O. The zero-order chi connectivity index (χ0) is 14.5. The van der Waals surface area contributed by atoms with Crippen molar-refractivity contribution in [1.82, 2.24) is 0 Å². The normalized spacial score (nSPS) is 10.4. The van der Waals surface area contributed by atoms with Crippen LogP contribution in [-0.2, 0) is 13.1 Å². The molecule has 0 aliphatic rings. The van der Waals surface area contributed by atoms with E-state index in [-0.39, 0.29) is 0 Å². The SMILES string of the molecule is COc1ccc(CN(C)c2cccc(C)c2)cc1CN. The summed E-state index contributed by atoms with van der Waals surface area (Å²) in [5.74, 6) is 0.856. The van der Waals surface area contributed by atoms with Crippen molar-refractivity contribution in [2.75, 3.05) is 19.1 Å². The molecule has 0 aliphatic heterocycles. The van der Waals surface area contributed by atoms with Crippen molar-refractivity contribution in [1.29, 1.82) is 0 Å². The van der Waals surface area contributed by atoms with E-state index in [1.165, 1.54) is 16.8 Å². The summed E-state index contributed by atoms with van der Waals surface area (Å²) < 4.78 is 5.30. The minimum absolute atomic E-state index is 0.491. The number of nitrogens with zero attached hydrogens (tertiary/aromatic N) is 1. The zero-order valence-electron chi connectivity index (χ0n) is 12.4. The standard InChI is InChI=1S/C17H22N2O/c1-13-5-4-6-16(9-13)19(2)12-14-7-8-17(20-3)15(10-14)11-18/h4-10H,11-12,18H2,1-3H3. The average Bonchev–Trinajstić information content (AvgIpc) is 2.47. The molecule has 0 radical (unpaired) electrons. The second kappa shape index (κ2) is 6.44. The largest absolute Gasteiger partial charge is 0.496 e. The van der Waals surface area contributed by atoms with Crippen LogP contribution < -0.4 is 15.4 Å². The number of aryl methyl sites for hydroxylation is 1. The van der Waals surface area contributed by atoms with Gasteiger partial charge in [0.1, 0.15) is 5.75 Å². The van der Waals surface area contributed by atoms with Crippen LogP contribution in [-0.4, -0.2) is 14.2 Å². The van der Waals surface area contributed by atoms with E-state index in [4.69, 9.17) is 10.5 Å². The second-order valence-corrected chi connectivity index (χ2v) is 5.05. The predicted molar refractivity (Wildman–Crippen MR) is 84.2 cm³/mol. The van der Waals surface area contributed by atoms with Crippen LogP contribution in [0.5, 0.6) is 5.75 Å². The van der Waals surface area contributed by atoms with Crippen LogP contribution in [0.15, 0.2) is 42.5 Å². The van der Waals surface area contributed by atoms with Crippen LogP contribution in [0.3, 0.4) is 0 Å². The third-order valence-corrected chi connectivity index (χ3v) is 3.43. The number of rotatable bonds is 5. The molecule has 0 fully saturated rings. The molecule has 2 aromatic carbocycles. The molecule has 3 nitrogen and oxygen atoms in total. The van der Waals surface area contributed by atoms with Gasteiger partial charge in [-0.2, -0.15) is 0 Å². The molecule has 2 rings (SSSR count). The van der Waals surface area contributed by atoms with Gasteiger partial charge in [-0.1, -0.05) is 18.2 Å². The van der Waals surface area contributed by atoms with E-state index in [0.717, 1.165) is 17.9 Å². The lowest BCUT2D eigenvalue weighted by Crippen LogP contribution is -2.16. The van der Waals surface area contributed by atoms with Gasteiger partial charge in [0.25, 0.3) is 0 Å². The highest BCUT2D eigenvalue weighted by molar-refractivity contribution is 5.48. The molecule has 0 unspecified atom stereocenters. The molecular weight excluding hydrogens is 248 g/mol. The quantitative estimate of drug-likeness (QED) is 0.907. The molecule has 0 amide bonds. The molecule has 2 aromatic rings. The minimum atomic E-state index is 0.491. The predicted octanol–water partition coefficient (Wildman–Crippen LogP) is 3.10. The molecule has 0 heterocycles. The Labute approximate surface area is 121 Å². The van der Waals surface area contributed by atoms with Gasteiger partial charge in [-0.3, -0.25) is 0 Å². The Kier molecular flexibility index (Phi) is 4.64. The van der Waals surface area contributed by atoms with Gasteiger partial charge >= 0.3 is 0 Å². The number of anilines is 1. The number of methoxy groups -OCH3 is 1. The topological polar surface area (TPSA) is 38.5 Å². The van der Waals surface area contributed by atoms with Gasteiger partial charge in [-0.15, -0.1) is 0 Å². The van der Waals surface area contributed by atoms with Crippen molar-refractivity contribution in [2.24, 2.45) is 5.73 Å². The van der Waals surface area contributed by atoms with Gasteiger partial charge in [0.15, 0.2) is 0 Å². The Hall–Kier alpha value is -2.00. The van der Waals surface area contributed by atoms with E-state index in [9.17, 15) is 0 Å². The van der Waals surface area contributed by atoms with Crippen LogP contribution in [0.1, 0.15) is 16.7 Å². The third kappa shape index (κ3) is 3.31. The van der Waals surface area contributed by atoms with Crippen LogP contribution in [0.2, 0.25) is 0 Å². The van der Waals surface area contributed by atoms with E-state index in [1.807, 2.05) is 6.07 Å². The van der Waals surface area contributed by atoms with Crippen molar-refractivity contribution < 1.29 is 4.74 Å². The van der Waals surface area contributed by atoms with Crippen molar-refractivity contribution >= 4 is 5.69 Å². The maximum atomic E-state index is 5.76. The Balaban J connectivity index is 2.17. The highest BCUT2D eigenvalue weighted by atomic mass is 16.5. The van der Waals surface area contributed by atoms with Gasteiger partial charge in [-0.05, 0) is 42.3 Å². The first-order valence-corrected chi connectivity index (χ1v) is 6.77. The third-order valence-electron chi connectivity index (χ3n) is 3.43. The molecule has 20 heavy (non-hydrogen) atoms. The fourth-order valence-electron chi connectivity index (χ4n) is 2.32. The number of hydrogen-bond donors (Lipinski definition) is 1. The minimum Gasteiger partial charge on any atom is -0.496 e. The number of hydrogen-bond acceptors (Lipinski definition) is 3. The van der Waals surface area contributed by atoms with E-state index in [2.05, 4.69) is 55.3 Å². The van der Waals surface area contributed by atoms with Crippen LogP contribution in [0.25, 0.3) is 0 Å². The summed E-state index contributed by atoms with van der Waals surface area (Å²) in [5, 5.41) is 0. The van der Waals surface area contributed by atoms with Crippen LogP contribution in [0, 0.1) is 6.92 Å². The molecule has 0 aromatic heterocycles. The molecule has 0 bridgehead atoms. The summed E-state index contributed by atoms with van der Waals surface area (Å²) in [4.78, 5) is 2.23. The maximum absolute atomic E-state index is 5.76.